The van der Waals surface area contributed by atoms with E-state index >= 15 is 0 Å². The van der Waals surface area contributed by atoms with Gasteiger partial charge in [-0.2, -0.15) is 4.80 Å². The average molecular weight is 329 g/mol. The molecular weight excluding hydrogens is 310 g/mol. The number of nitrogens with one attached hydrogen (secondary N) is 1. The summed E-state index contributed by atoms with van der Waals surface area (Å²) in [5.41, 5.74) is 1.79. The van der Waals surface area contributed by atoms with Gasteiger partial charge in [0.15, 0.2) is 0 Å². The molecule has 0 unspecified atom stereocenters. The summed E-state index contributed by atoms with van der Waals surface area (Å²) >= 11 is 0. The van der Waals surface area contributed by atoms with Gasteiger partial charge in [-0.25, -0.2) is 4.79 Å². The molecule has 0 radical (unpaired) electrons. The Labute approximate surface area is 139 Å². The van der Waals surface area contributed by atoms with Crippen molar-refractivity contribution in [3.63, 3.8) is 0 Å². The molecule has 0 aliphatic carbocycles. The van der Waals surface area contributed by atoms with E-state index in [1.165, 1.54) is 4.80 Å². The summed E-state index contributed by atoms with van der Waals surface area (Å²) < 4.78 is 0. The molecule has 3 rings (SSSR count). The summed E-state index contributed by atoms with van der Waals surface area (Å²) in [4.78, 5) is 29.3. The number of hydrogen-bond acceptors (Lipinski definition) is 5. The lowest BCUT2D eigenvalue weighted by Crippen LogP contribution is -2.51. The van der Waals surface area contributed by atoms with Gasteiger partial charge in [-0.1, -0.05) is 22.8 Å². The first kappa shape index (κ1) is 15.9. The maximum Gasteiger partial charge on any atom is 0.324 e. The number of amides is 3. The fourth-order valence-electron chi connectivity index (χ4n) is 2.50. The fraction of sp³-hybridized carbons (Fsp3) is 0.400. The van der Waals surface area contributed by atoms with Gasteiger partial charge in [-0.05, 0) is 24.3 Å². The first-order valence-corrected chi connectivity index (χ1v) is 7.69. The van der Waals surface area contributed by atoms with E-state index in [4.69, 9.17) is 0 Å². The zero-order valence-electron chi connectivity index (χ0n) is 13.6. The number of aryl methyl sites for hydroxylation is 2. The molecule has 0 atom stereocenters. The molecule has 0 saturated carbocycles. The monoisotopic (exact) mass is 329 g/mol. The molecule has 24 heavy (non-hydrogen) atoms. The van der Waals surface area contributed by atoms with Crippen molar-refractivity contribution in [3.8, 4) is 0 Å². The van der Waals surface area contributed by atoms with Crippen LogP contribution in [0.2, 0.25) is 0 Å². The van der Waals surface area contributed by atoms with E-state index in [2.05, 4.69) is 20.7 Å². The van der Waals surface area contributed by atoms with Crippen LogP contribution in [0.4, 0.5) is 10.7 Å². The van der Waals surface area contributed by atoms with Gasteiger partial charge >= 0.3 is 6.03 Å². The third-order valence-corrected chi connectivity index (χ3v) is 3.88. The molecule has 0 bridgehead atoms. The summed E-state index contributed by atoms with van der Waals surface area (Å²) in [7, 11) is 1.62. The lowest BCUT2D eigenvalue weighted by atomic mass is 10.1. The zero-order valence-corrected chi connectivity index (χ0v) is 13.6. The second-order valence-electron chi connectivity index (χ2n) is 5.68. The number of carbonyl (C=O) groups excluding carboxylic acids is 2. The second kappa shape index (κ2) is 6.65. The highest BCUT2D eigenvalue weighted by atomic mass is 16.2. The Hall–Kier alpha value is -2.97. The molecule has 1 aromatic heterocycles. The van der Waals surface area contributed by atoms with Crippen molar-refractivity contribution >= 4 is 17.9 Å². The van der Waals surface area contributed by atoms with E-state index < -0.39 is 0 Å². The molecule has 9 heteroatoms. The molecule has 9 nitrogen and oxygen atoms in total. The van der Waals surface area contributed by atoms with Crippen molar-refractivity contribution in [2.24, 2.45) is 7.05 Å². The van der Waals surface area contributed by atoms with E-state index in [-0.39, 0.29) is 17.9 Å². The fourth-order valence-corrected chi connectivity index (χ4v) is 2.50. The van der Waals surface area contributed by atoms with Gasteiger partial charge in [0.1, 0.15) is 0 Å². The van der Waals surface area contributed by atoms with Gasteiger partial charge in [0.05, 0.1) is 7.05 Å². The minimum Gasteiger partial charge on any atom is -0.335 e. The molecule has 1 aliphatic rings. The number of nitrogens with zero attached hydrogens (tertiary/aromatic N) is 6. The standard InChI is InChI=1S/C15H19N7O2/c1-11-3-5-12(6-4-11)13(23)21-7-9-22(10-8-21)15(24)16-14-17-19-20(2)18-14/h3-6H,7-10H2,1-2H3,(H,16,18,24). The summed E-state index contributed by atoms with van der Waals surface area (Å²) in [5, 5.41) is 13.9. The molecule has 1 fully saturated rings. The normalized spacial score (nSPS) is 14.6. The zero-order chi connectivity index (χ0) is 17.1. The number of hydrogen-bond donors (Lipinski definition) is 1. The smallest absolute Gasteiger partial charge is 0.324 e. The molecule has 3 amide bonds. The van der Waals surface area contributed by atoms with Gasteiger partial charge in [-0.15, -0.1) is 5.10 Å². The van der Waals surface area contributed by atoms with Crippen LogP contribution in [-0.4, -0.2) is 68.1 Å². The van der Waals surface area contributed by atoms with Crippen molar-refractivity contribution in [3.05, 3.63) is 35.4 Å². The first-order valence-electron chi connectivity index (χ1n) is 7.69. The lowest BCUT2D eigenvalue weighted by Gasteiger charge is -2.34. The minimum absolute atomic E-state index is 0.00866. The summed E-state index contributed by atoms with van der Waals surface area (Å²) in [6.45, 7) is 3.90. The van der Waals surface area contributed by atoms with Crippen molar-refractivity contribution in [2.45, 2.75) is 6.92 Å². The summed E-state index contributed by atoms with van der Waals surface area (Å²) in [6.07, 6.45) is 0. The highest BCUT2D eigenvalue weighted by Crippen LogP contribution is 2.11. The second-order valence-corrected chi connectivity index (χ2v) is 5.68. The van der Waals surface area contributed by atoms with Crippen LogP contribution < -0.4 is 5.32 Å². The van der Waals surface area contributed by atoms with E-state index in [9.17, 15) is 9.59 Å². The minimum atomic E-state index is -0.287. The molecule has 1 saturated heterocycles. The molecule has 1 N–H and O–H groups in total. The third kappa shape index (κ3) is 3.50. The van der Waals surface area contributed by atoms with E-state index in [1.807, 2.05) is 31.2 Å². The maximum absolute atomic E-state index is 12.5. The number of anilines is 1. The van der Waals surface area contributed by atoms with Gasteiger partial charge < -0.3 is 9.80 Å². The number of piperazine rings is 1. The van der Waals surface area contributed by atoms with Gasteiger partial charge in [0.2, 0.25) is 0 Å². The van der Waals surface area contributed by atoms with E-state index in [0.717, 1.165) is 5.56 Å². The number of tetrazole rings is 1. The molecule has 126 valence electrons. The van der Waals surface area contributed by atoms with Crippen molar-refractivity contribution in [1.82, 2.24) is 30.0 Å². The van der Waals surface area contributed by atoms with Gasteiger partial charge in [0, 0.05) is 31.7 Å². The van der Waals surface area contributed by atoms with Crippen molar-refractivity contribution in [1.29, 1.82) is 0 Å². The van der Waals surface area contributed by atoms with Crippen LogP contribution in [0.25, 0.3) is 0 Å². The molecule has 1 aromatic carbocycles. The highest BCUT2D eigenvalue weighted by molar-refractivity contribution is 5.94. The van der Waals surface area contributed by atoms with Gasteiger partial charge in [-0.3, -0.25) is 10.1 Å². The van der Waals surface area contributed by atoms with Crippen LogP contribution in [0.15, 0.2) is 24.3 Å². The number of urea groups is 1. The Morgan fingerprint density at radius 2 is 1.67 bits per heavy atom. The summed E-state index contributed by atoms with van der Waals surface area (Å²) in [6, 6.07) is 7.22. The van der Waals surface area contributed by atoms with E-state index in [1.54, 1.807) is 16.8 Å². The number of aromatic nitrogens is 4. The topological polar surface area (TPSA) is 96.3 Å². The van der Waals surface area contributed by atoms with Crippen LogP contribution >= 0.6 is 0 Å². The molecule has 2 heterocycles. The number of carbonyl (C=O) groups is 2. The predicted molar refractivity (Wildman–Crippen MR) is 86.5 cm³/mol. The Morgan fingerprint density at radius 3 is 2.25 bits per heavy atom. The lowest BCUT2D eigenvalue weighted by molar-refractivity contribution is 0.0671. The molecular formula is C15H19N7O2. The SMILES string of the molecule is Cc1ccc(C(=O)N2CCN(C(=O)Nc3nnn(C)n3)CC2)cc1. The maximum atomic E-state index is 12.5. The Kier molecular flexibility index (Phi) is 4.41. The molecule has 1 aliphatic heterocycles. The van der Waals surface area contributed by atoms with Gasteiger partial charge in [0.25, 0.3) is 11.9 Å². The summed E-state index contributed by atoms with van der Waals surface area (Å²) in [5.74, 6) is 0.159. The van der Waals surface area contributed by atoms with E-state index in [0.29, 0.717) is 31.7 Å². The first-order chi connectivity index (χ1) is 11.5. The largest absolute Gasteiger partial charge is 0.335 e. The highest BCUT2D eigenvalue weighted by Gasteiger charge is 2.25. The van der Waals surface area contributed by atoms with Crippen molar-refractivity contribution < 1.29 is 9.59 Å². The van der Waals surface area contributed by atoms with Crippen LogP contribution in [0, 0.1) is 6.92 Å². The average Bonchev–Trinajstić information content (AvgIpc) is 3.00. The van der Waals surface area contributed by atoms with Crippen LogP contribution in [0.3, 0.4) is 0 Å². The Balaban J connectivity index is 1.54. The van der Waals surface area contributed by atoms with Crippen LogP contribution in [-0.2, 0) is 7.05 Å². The predicted octanol–water partition coefficient (Wildman–Crippen LogP) is 0.508. The number of benzene rings is 1. The third-order valence-electron chi connectivity index (χ3n) is 3.88. The number of rotatable bonds is 2. The quantitative estimate of drug-likeness (QED) is 0.866. The Morgan fingerprint density at radius 1 is 1.04 bits per heavy atom. The Bertz CT molecular complexity index is 733. The molecule has 2 aromatic rings. The van der Waals surface area contributed by atoms with Crippen LogP contribution in [0.5, 0.6) is 0 Å². The van der Waals surface area contributed by atoms with Crippen LogP contribution in [0.1, 0.15) is 15.9 Å². The van der Waals surface area contributed by atoms with Crippen molar-refractivity contribution in [2.75, 3.05) is 31.5 Å². The molecule has 0 spiro atoms.